The molecule has 194 valence electrons. The first-order valence-corrected chi connectivity index (χ1v) is 12.6. The van der Waals surface area contributed by atoms with Gasteiger partial charge in [-0.25, -0.2) is 14.3 Å². The van der Waals surface area contributed by atoms with Crippen molar-refractivity contribution in [3.05, 3.63) is 28.7 Å². The third kappa shape index (κ3) is 5.28. The molecule has 35 heavy (non-hydrogen) atoms. The highest BCUT2D eigenvalue weighted by Crippen LogP contribution is 2.43. The summed E-state index contributed by atoms with van der Waals surface area (Å²) < 4.78 is 46.9. The van der Waals surface area contributed by atoms with E-state index in [2.05, 4.69) is 6.92 Å². The Labute approximate surface area is 205 Å². The smallest absolute Gasteiger partial charge is 0.410 e. The van der Waals surface area contributed by atoms with Crippen LogP contribution < -0.4 is 0 Å². The second-order valence-electron chi connectivity index (χ2n) is 11.7. The Morgan fingerprint density at radius 3 is 2.40 bits per heavy atom. The molecule has 1 aliphatic heterocycles. The Hall–Kier alpha value is -2.32. The number of carbonyl (C=O) groups excluding carboxylic acids is 1. The summed E-state index contributed by atoms with van der Waals surface area (Å²) in [5.41, 5.74) is 3.55. The molecule has 1 amide bonds. The van der Waals surface area contributed by atoms with Crippen molar-refractivity contribution in [1.29, 1.82) is 0 Å². The SMILES string of the molecule is Cc1nc2cc([C@H]3CC[C@H](C(F)(F)F)CC3)nn2c([C@@]2(C)CCCN(C(=O)OC(C)(C)C)C2)c1C. The number of halogens is 3. The molecule has 0 spiro atoms. The van der Waals surface area contributed by atoms with Crippen LogP contribution >= 0.6 is 0 Å². The molecule has 2 aliphatic rings. The fourth-order valence-corrected chi connectivity index (χ4v) is 5.76. The van der Waals surface area contributed by atoms with Gasteiger partial charge in [-0.2, -0.15) is 18.3 Å². The van der Waals surface area contributed by atoms with Crippen LogP contribution in [0.1, 0.15) is 94.8 Å². The van der Waals surface area contributed by atoms with E-state index in [1.165, 1.54) is 0 Å². The molecule has 0 radical (unpaired) electrons. The Morgan fingerprint density at radius 1 is 1.14 bits per heavy atom. The van der Waals surface area contributed by atoms with E-state index in [0.717, 1.165) is 35.5 Å². The number of likely N-dealkylation sites (tertiary alicyclic amines) is 1. The van der Waals surface area contributed by atoms with E-state index in [0.29, 0.717) is 31.6 Å². The molecular formula is C26H37F3N4O2. The zero-order valence-electron chi connectivity index (χ0n) is 21.6. The number of hydrogen-bond donors (Lipinski definition) is 0. The van der Waals surface area contributed by atoms with E-state index in [9.17, 15) is 18.0 Å². The van der Waals surface area contributed by atoms with Crippen LogP contribution in [0.4, 0.5) is 18.0 Å². The second-order valence-corrected chi connectivity index (χ2v) is 11.7. The summed E-state index contributed by atoms with van der Waals surface area (Å²) in [6.45, 7) is 12.9. The minimum Gasteiger partial charge on any atom is -0.444 e. The molecular weight excluding hydrogens is 457 g/mol. The molecule has 1 saturated carbocycles. The van der Waals surface area contributed by atoms with Crippen LogP contribution in [0, 0.1) is 19.8 Å². The van der Waals surface area contributed by atoms with Gasteiger partial charge in [0.05, 0.1) is 17.3 Å². The number of amides is 1. The summed E-state index contributed by atoms with van der Waals surface area (Å²) in [6.07, 6.45) is -1.47. The van der Waals surface area contributed by atoms with Crippen molar-refractivity contribution in [3.63, 3.8) is 0 Å². The van der Waals surface area contributed by atoms with Gasteiger partial charge in [-0.05, 0) is 78.7 Å². The third-order valence-electron chi connectivity index (χ3n) is 7.63. The fraction of sp³-hybridized carbons (Fsp3) is 0.731. The van der Waals surface area contributed by atoms with E-state index in [4.69, 9.17) is 14.8 Å². The Bertz CT molecular complexity index is 1100. The van der Waals surface area contributed by atoms with Gasteiger partial charge in [0.25, 0.3) is 0 Å². The quantitative estimate of drug-likeness (QED) is 0.480. The first kappa shape index (κ1) is 25.8. The van der Waals surface area contributed by atoms with Crippen LogP contribution in [-0.4, -0.2) is 50.5 Å². The van der Waals surface area contributed by atoms with Crippen LogP contribution in [0.25, 0.3) is 5.65 Å². The van der Waals surface area contributed by atoms with Crippen LogP contribution in [0.3, 0.4) is 0 Å². The lowest BCUT2D eigenvalue weighted by molar-refractivity contribution is -0.182. The third-order valence-corrected chi connectivity index (χ3v) is 7.63. The number of aryl methyl sites for hydroxylation is 1. The zero-order valence-corrected chi connectivity index (χ0v) is 21.6. The lowest BCUT2D eigenvalue weighted by atomic mass is 9.77. The summed E-state index contributed by atoms with van der Waals surface area (Å²) in [7, 11) is 0. The van der Waals surface area contributed by atoms with Crippen molar-refractivity contribution in [2.45, 2.75) is 103 Å². The number of hydrogen-bond acceptors (Lipinski definition) is 4. The van der Waals surface area contributed by atoms with Gasteiger partial charge in [0.2, 0.25) is 0 Å². The van der Waals surface area contributed by atoms with E-state index in [1.54, 1.807) is 4.90 Å². The van der Waals surface area contributed by atoms with Crippen molar-refractivity contribution in [2.24, 2.45) is 5.92 Å². The molecule has 0 N–H and O–H groups in total. The molecule has 2 aromatic rings. The van der Waals surface area contributed by atoms with Crippen LogP contribution in [-0.2, 0) is 10.2 Å². The molecule has 3 heterocycles. The summed E-state index contributed by atoms with van der Waals surface area (Å²) in [5, 5.41) is 4.91. The molecule has 4 rings (SSSR count). The lowest BCUT2D eigenvalue weighted by Gasteiger charge is -2.41. The number of fused-ring (bicyclic) bond motifs is 1. The van der Waals surface area contributed by atoms with Crippen LogP contribution in [0.5, 0.6) is 0 Å². The number of carbonyl (C=O) groups is 1. The summed E-state index contributed by atoms with van der Waals surface area (Å²) in [6, 6.07) is 1.94. The first-order chi connectivity index (χ1) is 16.2. The van der Waals surface area contributed by atoms with Gasteiger partial charge in [-0.15, -0.1) is 0 Å². The molecule has 1 atom stereocenters. The minimum absolute atomic E-state index is 0.00110. The van der Waals surface area contributed by atoms with E-state index in [1.807, 2.05) is 45.2 Å². The van der Waals surface area contributed by atoms with Crippen molar-refractivity contribution < 1.29 is 22.7 Å². The summed E-state index contributed by atoms with van der Waals surface area (Å²) in [4.78, 5) is 19.4. The number of aromatic nitrogens is 3. The average molecular weight is 495 g/mol. The highest BCUT2D eigenvalue weighted by molar-refractivity contribution is 5.68. The van der Waals surface area contributed by atoms with Gasteiger partial charge in [0.1, 0.15) is 5.60 Å². The second kappa shape index (κ2) is 8.96. The monoisotopic (exact) mass is 494 g/mol. The van der Waals surface area contributed by atoms with E-state index in [-0.39, 0.29) is 30.3 Å². The van der Waals surface area contributed by atoms with Gasteiger partial charge in [0.15, 0.2) is 5.65 Å². The van der Waals surface area contributed by atoms with Crippen LogP contribution in [0.2, 0.25) is 0 Å². The van der Waals surface area contributed by atoms with Gasteiger partial charge in [-0.1, -0.05) is 6.92 Å². The van der Waals surface area contributed by atoms with E-state index < -0.39 is 17.7 Å². The van der Waals surface area contributed by atoms with Crippen molar-refractivity contribution >= 4 is 11.7 Å². The number of rotatable bonds is 2. The highest BCUT2D eigenvalue weighted by atomic mass is 19.4. The van der Waals surface area contributed by atoms with E-state index >= 15 is 0 Å². The molecule has 1 saturated heterocycles. The maximum Gasteiger partial charge on any atom is 0.410 e. The molecule has 1 aliphatic carbocycles. The molecule has 0 aromatic carbocycles. The molecule has 6 nitrogen and oxygen atoms in total. The van der Waals surface area contributed by atoms with Gasteiger partial charge >= 0.3 is 12.3 Å². The zero-order chi connectivity index (χ0) is 25.8. The molecule has 2 aromatic heterocycles. The lowest BCUT2D eigenvalue weighted by Crippen LogP contribution is -2.49. The topological polar surface area (TPSA) is 59.7 Å². The molecule has 9 heteroatoms. The Kier molecular flexibility index (Phi) is 6.60. The Morgan fingerprint density at radius 2 is 1.80 bits per heavy atom. The molecule has 0 unspecified atom stereocenters. The highest BCUT2D eigenvalue weighted by Gasteiger charge is 2.43. The number of piperidine rings is 1. The first-order valence-electron chi connectivity index (χ1n) is 12.6. The molecule has 2 fully saturated rings. The summed E-state index contributed by atoms with van der Waals surface area (Å²) >= 11 is 0. The minimum atomic E-state index is -4.12. The Balaban J connectivity index is 1.65. The molecule has 0 bridgehead atoms. The standard InChI is InChI=1S/C26H37F3N4O2/c1-16-17(2)30-21-14-20(18-8-10-19(11-9-18)26(27,28)29)31-33(21)22(16)25(6)12-7-13-32(15-25)23(34)35-24(3,4)5/h14,18-19H,7-13,15H2,1-6H3/t18-,19-,25-/m0/s1. The predicted octanol–water partition coefficient (Wildman–Crippen LogP) is 6.47. The number of nitrogens with zero attached hydrogens (tertiary/aromatic N) is 4. The largest absolute Gasteiger partial charge is 0.444 e. The fourth-order valence-electron chi connectivity index (χ4n) is 5.76. The summed E-state index contributed by atoms with van der Waals surface area (Å²) in [5.74, 6) is -1.21. The number of ether oxygens (including phenoxy) is 1. The predicted molar refractivity (Wildman–Crippen MR) is 128 cm³/mol. The van der Waals surface area contributed by atoms with Crippen molar-refractivity contribution in [2.75, 3.05) is 13.1 Å². The van der Waals surface area contributed by atoms with Crippen LogP contribution in [0.15, 0.2) is 6.07 Å². The van der Waals surface area contributed by atoms with Crippen molar-refractivity contribution in [1.82, 2.24) is 19.5 Å². The maximum absolute atomic E-state index is 13.1. The number of alkyl halides is 3. The normalized spacial score (nSPS) is 26.3. The maximum atomic E-state index is 13.1. The van der Waals surface area contributed by atoms with Crippen molar-refractivity contribution in [3.8, 4) is 0 Å². The average Bonchev–Trinajstić information content (AvgIpc) is 3.15. The van der Waals surface area contributed by atoms with Gasteiger partial charge in [0, 0.05) is 36.2 Å². The van der Waals surface area contributed by atoms with Gasteiger partial charge < -0.3 is 9.64 Å². The van der Waals surface area contributed by atoms with Gasteiger partial charge in [-0.3, -0.25) is 0 Å².